The number of aromatic nitrogens is 3. The smallest absolute Gasteiger partial charge is 0.418 e. The number of halogens is 6. The van der Waals surface area contributed by atoms with Crippen molar-refractivity contribution < 1.29 is 31.1 Å². The molecule has 3 N–H and O–H groups in total. The van der Waals surface area contributed by atoms with Gasteiger partial charge >= 0.3 is 12.2 Å². The van der Waals surface area contributed by atoms with Gasteiger partial charge in [0, 0.05) is 48.1 Å². The largest absolute Gasteiger partial charge is 0.463 e. The number of hydrogen-bond donors (Lipinski definition) is 2. The fourth-order valence-corrected chi connectivity index (χ4v) is 8.56. The molecule has 15 heteroatoms. The van der Waals surface area contributed by atoms with E-state index in [0.717, 1.165) is 18.9 Å². The molecule has 6 heterocycles. The molecule has 260 valence electrons. The van der Waals surface area contributed by atoms with Crippen LogP contribution in [0.5, 0.6) is 6.01 Å². The molecule has 0 saturated carbocycles. The van der Waals surface area contributed by atoms with Gasteiger partial charge in [-0.1, -0.05) is 13.5 Å². The molecule has 49 heavy (non-hydrogen) atoms. The molecule has 9 nitrogen and oxygen atoms in total. The lowest BCUT2D eigenvalue weighted by Crippen LogP contribution is -2.58. The van der Waals surface area contributed by atoms with Crippen LogP contribution >= 0.6 is 0 Å². The van der Waals surface area contributed by atoms with Crippen molar-refractivity contribution in [1.29, 1.82) is 5.26 Å². The second kappa shape index (κ2) is 11.7. The van der Waals surface area contributed by atoms with Crippen molar-refractivity contribution in [3.8, 4) is 23.3 Å². The fraction of sp³-hybridized carbons (Fsp3) is 0.529. The maximum Gasteiger partial charge on any atom is 0.418 e. The number of nitrogens with two attached hydrogens (primary N) is 1. The summed E-state index contributed by atoms with van der Waals surface area (Å²) in [5.41, 5.74) is 1.59. The topological polar surface area (TPSA) is 116 Å². The molecule has 0 amide bonds. The van der Waals surface area contributed by atoms with Crippen LogP contribution in [0, 0.1) is 35.4 Å². The van der Waals surface area contributed by atoms with E-state index < -0.39 is 46.6 Å². The highest BCUT2D eigenvalue weighted by Crippen LogP contribution is 2.50. The maximum atomic E-state index is 17.2. The number of alkyl halides is 5. The standard InChI is InChI=1S/C34H36F6N8O/c1-15-9-21-20-6-5-17(43-20)12-48(21)31-25-23(15)18(11-41)24(28-26(34(38,39)40)16(2)10-22(42)44-28)27(35)29(25)45-32(46-31)49-14-33(3)13-47(4)8-7-19(33)30(36)37/h10,17,19-21,30,43H,1,5-9,12-14H2,2-4H3,(H2,42,44)/t17?,19-,20+,21-,33+/m1/s1. The van der Waals surface area contributed by atoms with E-state index in [2.05, 4.69) is 21.9 Å². The molecule has 2 aromatic heterocycles. The lowest BCUT2D eigenvalue weighted by atomic mass is 9.73. The SMILES string of the molecule is C=C1C[C@@H]2[C@@H]3CCC(CN2c2nc(OC[C@]4(C)CN(C)CC[C@@H]4C(F)F)nc4c(F)c(-c5nc(N)cc(C)c5C(F)(F)F)c(C#N)c1c24)N3. The van der Waals surface area contributed by atoms with E-state index >= 15 is 4.39 Å². The predicted molar refractivity (Wildman–Crippen MR) is 172 cm³/mol. The van der Waals surface area contributed by atoms with Crippen molar-refractivity contribution >= 4 is 28.1 Å². The van der Waals surface area contributed by atoms with E-state index in [0.29, 0.717) is 31.6 Å². The first-order valence-corrected chi connectivity index (χ1v) is 16.2. The van der Waals surface area contributed by atoms with Gasteiger partial charge in [0.1, 0.15) is 23.2 Å². The molecule has 3 fully saturated rings. The van der Waals surface area contributed by atoms with E-state index in [1.807, 2.05) is 22.9 Å². The minimum atomic E-state index is -4.97. The summed E-state index contributed by atoms with van der Waals surface area (Å²) in [7, 11) is 1.83. The van der Waals surface area contributed by atoms with Crippen LogP contribution in [0.2, 0.25) is 0 Å². The van der Waals surface area contributed by atoms with Crippen LogP contribution in [-0.4, -0.2) is 77.7 Å². The van der Waals surface area contributed by atoms with Crippen LogP contribution in [0.3, 0.4) is 0 Å². The third-order valence-electron chi connectivity index (χ3n) is 10.7. The predicted octanol–water partition coefficient (Wildman–Crippen LogP) is 5.94. The van der Waals surface area contributed by atoms with Gasteiger partial charge < -0.3 is 25.6 Å². The minimum absolute atomic E-state index is 0.00704. The second-order valence-corrected chi connectivity index (χ2v) is 14.2. The number of piperidine rings is 1. The van der Waals surface area contributed by atoms with E-state index in [9.17, 15) is 27.2 Å². The number of nitrogens with zero attached hydrogens (tertiary/aromatic N) is 6. The highest BCUT2D eigenvalue weighted by molar-refractivity contribution is 6.06. The van der Waals surface area contributed by atoms with E-state index in [1.165, 1.54) is 6.92 Å². The van der Waals surface area contributed by atoms with Gasteiger partial charge in [0.15, 0.2) is 5.82 Å². The summed E-state index contributed by atoms with van der Waals surface area (Å²) in [5.74, 6) is -2.25. The first-order valence-electron chi connectivity index (χ1n) is 16.2. The van der Waals surface area contributed by atoms with Crippen molar-refractivity contribution in [3.63, 3.8) is 0 Å². The average molecular weight is 687 g/mol. The number of nitriles is 1. The third kappa shape index (κ3) is 5.43. The lowest BCUT2D eigenvalue weighted by molar-refractivity contribution is -0.137. The number of rotatable bonds is 5. The Balaban J connectivity index is 1.49. The number of pyridine rings is 1. The van der Waals surface area contributed by atoms with E-state index in [4.69, 9.17) is 15.5 Å². The second-order valence-electron chi connectivity index (χ2n) is 14.2. The zero-order valence-corrected chi connectivity index (χ0v) is 27.3. The summed E-state index contributed by atoms with van der Waals surface area (Å²) in [6.45, 7) is 8.20. The van der Waals surface area contributed by atoms with Crippen LogP contribution in [0.1, 0.15) is 54.9 Å². The molecular formula is C34H36F6N8O. The number of fused-ring (bicyclic) bond motifs is 5. The number of nitrogen functional groups attached to an aromatic ring is 1. The van der Waals surface area contributed by atoms with Gasteiger partial charge in [-0.25, -0.2) is 18.2 Å². The summed E-state index contributed by atoms with van der Waals surface area (Å²) >= 11 is 0. The van der Waals surface area contributed by atoms with Gasteiger partial charge in [0.05, 0.1) is 34.4 Å². The number of nitrogens with one attached hydrogen (secondary N) is 1. The van der Waals surface area contributed by atoms with Gasteiger partial charge in [0.25, 0.3) is 0 Å². The molecule has 3 saturated heterocycles. The Labute approximate surface area is 279 Å². The molecule has 1 unspecified atom stereocenters. The van der Waals surface area contributed by atoms with Crippen LogP contribution < -0.4 is 20.7 Å². The van der Waals surface area contributed by atoms with Crippen LogP contribution in [0.25, 0.3) is 27.7 Å². The average Bonchev–Trinajstić information content (AvgIpc) is 3.36. The molecule has 4 aliphatic rings. The highest BCUT2D eigenvalue weighted by atomic mass is 19.4. The Morgan fingerprint density at radius 3 is 2.65 bits per heavy atom. The van der Waals surface area contributed by atoms with Gasteiger partial charge in [-0.3, -0.25) is 0 Å². The number of benzene rings is 1. The molecule has 4 aliphatic heterocycles. The van der Waals surface area contributed by atoms with Crippen LogP contribution in [-0.2, 0) is 6.18 Å². The van der Waals surface area contributed by atoms with Gasteiger partial charge in [-0.2, -0.15) is 28.4 Å². The van der Waals surface area contributed by atoms with Crippen molar-refractivity contribution in [1.82, 2.24) is 25.2 Å². The molecule has 5 atom stereocenters. The molecule has 1 aromatic carbocycles. The molecule has 7 rings (SSSR count). The Morgan fingerprint density at radius 2 is 1.96 bits per heavy atom. The Kier molecular flexibility index (Phi) is 7.98. The van der Waals surface area contributed by atoms with Gasteiger partial charge in [-0.05, 0) is 63.4 Å². The van der Waals surface area contributed by atoms with E-state index in [-0.39, 0.29) is 76.4 Å². The van der Waals surface area contributed by atoms with E-state index in [1.54, 1.807) is 6.92 Å². The van der Waals surface area contributed by atoms with Crippen molar-refractivity contribution in [3.05, 3.63) is 40.7 Å². The molecule has 3 aromatic rings. The number of anilines is 2. The number of ether oxygens (including phenoxy) is 1. The van der Waals surface area contributed by atoms with Crippen molar-refractivity contribution in [2.24, 2.45) is 11.3 Å². The number of piperazine rings is 1. The van der Waals surface area contributed by atoms with Gasteiger partial charge in [-0.15, -0.1) is 0 Å². The monoisotopic (exact) mass is 686 g/mol. The maximum absolute atomic E-state index is 17.2. The first-order chi connectivity index (χ1) is 23.1. The summed E-state index contributed by atoms with van der Waals surface area (Å²) in [6, 6.07) is 2.56. The summed E-state index contributed by atoms with van der Waals surface area (Å²) < 4.78 is 95.4. The lowest BCUT2D eigenvalue weighted by Gasteiger charge is -2.44. The van der Waals surface area contributed by atoms with Crippen LogP contribution in [0.4, 0.5) is 38.0 Å². The molecule has 0 radical (unpaired) electrons. The zero-order valence-electron chi connectivity index (χ0n) is 27.3. The molecule has 0 aliphatic carbocycles. The zero-order chi connectivity index (χ0) is 35.2. The Morgan fingerprint density at radius 1 is 1.20 bits per heavy atom. The normalized spacial score (nSPS) is 27.0. The molecule has 2 bridgehead atoms. The summed E-state index contributed by atoms with van der Waals surface area (Å²) in [4.78, 5) is 17.0. The van der Waals surface area contributed by atoms with Crippen LogP contribution in [0.15, 0.2) is 12.6 Å². The fourth-order valence-electron chi connectivity index (χ4n) is 8.56. The molecule has 0 spiro atoms. The Bertz CT molecular complexity index is 1910. The Hall–Kier alpha value is -4.16. The molecular weight excluding hydrogens is 650 g/mol. The quantitative estimate of drug-likeness (QED) is 0.315. The van der Waals surface area contributed by atoms with Crippen molar-refractivity contribution in [2.75, 3.05) is 43.9 Å². The van der Waals surface area contributed by atoms with Crippen molar-refractivity contribution in [2.45, 2.75) is 70.3 Å². The van der Waals surface area contributed by atoms with Gasteiger partial charge in [0.2, 0.25) is 6.43 Å². The minimum Gasteiger partial charge on any atom is -0.463 e. The highest BCUT2D eigenvalue weighted by Gasteiger charge is 2.47. The number of hydrogen-bond acceptors (Lipinski definition) is 9. The number of aryl methyl sites for hydroxylation is 1. The first kappa shape index (κ1) is 33.3. The third-order valence-corrected chi connectivity index (χ3v) is 10.7. The summed E-state index contributed by atoms with van der Waals surface area (Å²) in [6.07, 6.45) is -5.27. The number of likely N-dealkylation sites (tertiary alicyclic amines) is 1. The summed E-state index contributed by atoms with van der Waals surface area (Å²) in [5, 5.41) is 14.3.